The fourth-order valence-corrected chi connectivity index (χ4v) is 5.15. The molecular weight excluding hydrogens is 476 g/mol. The number of amidine groups is 2. The molecule has 11 heteroatoms. The summed E-state index contributed by atoms with van der Waals surface area (Å²) < 4.78 is 35.9. The Labute approximate surface area is 201 Å². The number of rotatable bonds is 7. The minimum atomic E-state index is -4.07. The number of aliphatic imine (C=N–C) groups is 1. The Bertz CT molecular complexity index is 1360. The lowest BCUT2D eigenvalue weighted by molar-refractivity contribution is -0.114. The largest absolute Gasteiger partial charge is 0.493 e. The third-order valence-electron chi connectivity index (χ3n) is 4.97. The number of hydrazone groups is 1. The number of fused-ring (bicyclic) bond motifs is 1. The summed E-state index contributed by atoms with van der Waals surface area (Å²) in [5.41, 5.74) is 1.50. The van der Waals surface area contributed by atoms with Gasteiger partial charge in [0.15, 0.2) is 17.3 Å². The highest BCUT2D eigenvalue weighted by Gasteiger charge is 2.35. The number of carbonyl (C=O) groups is 1. The summed E-state index contributed by atoms with van der Waals surface area (Å²) in [6, 6.07) is 10.8. The summed E-state index contributed by atoms with van der Waals surface area (Å²) in [4.78, 5) is 16.7. The molecule has 0 bridgehead atoms. The van der Waals surface area contributed by atoms with Gasteiger partial charge in [0.25, 0.3) is 5.91 Å². The highest BCUT2D eigenvalue weighted by molar-refractivity contribution is 8.26. The van der Waals surface area contributed by atoms with Gasteiger partial charge in [-0.2, -0.15) is 23.5 Å². The first kappa shape index (κ1) is 23.7. The van der Waals surface area contributed by atoms with Gasteiger partial charge in [0.1, 0.15) is 9.94 Å². The molecule has 0 aromatic heterocycles. The van der Waals surface area contributed by atoms with Crippen LogP contribution in [0.2, 0.25) is 0 Å². The number of aryl methyl sites for hydroxylation is 1. The molecule has 0 spiro atoms. The molecule has 2 aromatic carbocycles. The van der Waals surface area contributed by atoms with E-state index in [0.29, 0.717) is 10.7 Å². The van der Waals surface area contributed by atoms with Crippen LogP contribution in [0.3, 0.4) is 0 Å². The average Bonchev–Trinajstić information content (AvgIpc) is 3.20. The molecule has 0 atom stereocenters. The Hall–Kier alpha value is -3.44. The second kappa shape index (κ2) is 9.43. The molecule has 0 aliphatic carbocycles. The van der Waals surface area contributed by atoms with Gasteiger partial charge in [0, 0.05) is 0 Å². The predicted molar refractivity (Wildman–Crippen MR) is 132 cm³/mol. The minimum Gasteiger partial charge on any atom is -0.493 e. The first-order valence-electron chi connectivity index (χ1n) is 10.4. The van der Waals surface area contributed by atoms with Crippen LogP contribution in [0.4, 0.5) is 0 Å². The molecule has 2 aromatic rings. The lowest BCUT2D eigenvalue weighted by Gasteiger charge is -2.20. The van der Waals surface area contributed by atoms with Crippen molar-refractivity contribution >= 4 is 49.9 Å². The summed E-state index contributed by atoms with van der Waals surface area (Å²) in [5, 5.41) is 15.4. The third-order valence-corrected chi connectivity index (χ3v) is 7.18. The summed E-state index contributed by atoms with van der Waals surface area (Å²) in [6.45, 7) is 3.88. The highest BCUT2D eigenvalue weighted by Crippen LogP contribution is 2.33. The maximum absolute atomic E-state index is 12.7. The van der Waals surface area contributed by atoms with E-state index >= 15 is 0 Å². The van der Waals surface area contributed by atoms with Crippen molar-refractivity contribution in [3.8, 4) is 11.5 Å². The van der Waals surface area contributed by atoms with E-state index in [9.17, 15) is 13.2 Å². The zero-order valence-electron chi connectivity index (χ0n) is 18.7. The van der Waals surface area contributed by atoms with Gasteiger partial charge < -0.3 is 8.92 Å². The second-order valence-electron chi connectivity index (χ2n) is 7.52. The van der Waals surface area contributed by atoms with Crippen LogP contribution in [0.25, 0.3) is 6.08 Å². The summed E-state index contributed by atoms with van der Waals surface area (Å²) >= 11 is 1.29. The number of hydrogen-bond acceptors (Lipinski definition) is 8. The SMILES string of the molecule is CCCC1=NN2C(=N)/C(=C\c3ccc(OS(=O)(=O)c4ccc(C)cc4)c(OC)c3)C(=O)N=C2S1. The summed E-state index contributed by atoms with van der Waals surface area (Å²) in [6.07, 6.45) is 3.12. The summed E-state index contributed by atoms with van der Waals surface area (Å²) in [5.74, 6) is -0.461. The number of carbonyl (C=O) groups excluding carboxylic acids is 1. The number of amides is 1. The minimum absolute atomic E-state index is 0.000305. The number of nitrogens with one attached hydrogen (secondary N) is 1. The van der Waals surface area contributed by atoms with E-state index in [-0.39, 0.29) is 27.8 Å². The molecule has 2 aliphatic heterocycles. The molecule has 2 aliphatic rings. The van der Waals surface area contributed by atoms with Crippen LogP contribution in [0.1, 0.15) is 30.9 Å². The van der Waals surface area contributed by atoms with Gasteiger partial charge in [0.2, 0.25) is 5.17 Å². The maximum Gasteiger partial charge on any atom is 0.339 e. The van der Waals surface area contributed by atoms with Gasteiger partial charge in [-0.15, -0.1) is 0 Å². The molecule has 1 amide bonds. The molecule has 0 radical (unpaired) electrons. The fraction of sp³-hybridized carbons (Fsp3) is 0.217. The first-order valence-corrected chi connectivity index (χ1v) is 12.6. The molecular formula is C23H22N4O5S2. The smallest absolute Gasteiger partial charge is 0.339 e. The van der Waals surface area contributed by atoms with E-state index < -0.39 is 16.0 Å². The van der Waals surface area contributed by atoms with Crippen molar-refractivity contribution < 1.29 is 22.1 Å². The number of methoxy groups -OCH3 is 1. The normalized spacial score (nSPS) is 16.9. The van der Waals surface area contributed by atoms with Crippen molar-refractivity contribution in [1.82, 2.24) is 5.01 Å². The molecule has 0 fully saturated rings. The van der Waals surface area contributed by atoms with Gasteiger partial charge in [0.05, 0.1) is 12.7 Å². The Morgan fingerprint density at radius 2 is 1.88 bits per heavy atom. The monoisotopic (exact) mass is 498 g/mol. The van der Waals surface area contributed by atoms with E-state index in [1.165, 1.54) is 54.2 Å². The van der Waals surface area contributed by atoms with Gasteiger partial charge >= 0.3 is 10.1 Å². The van der Waals surface area contributed by atoms with Crippen LogP contribution >= 0.6 is 11.8 Å². The quantitative estimate of drug-likeness (QED) is 0.449. The van der Waals surface area contributed by atoms with E-state index in [1.54, 1.807) is 18.2 Å². The Morgan fingerprint density at radius 3 is 2.56 bits per heavy atom. The maximum atomic E-state index is 12.7. The average molecular weight is 499 g/mol. The first-order chi connectivity index (χ1) is 16.2. The van der Waals surface area contributed by atoms with Crippen LogP contribution < -0.4 is 8.92 Å². The van der Waals surface area contributed by atoms with Crippen LogP contribution in [-0.4, -0.2) is 42.5 Å². The van der Waals surface area contributed by atoms with Crippen molar-refractivity contribution in [2.45, 2.75) is 31.6 Å². The van der Waals surface area contributed by atoms with E-state index in [0.717, 1.165) is 23.4 Å². The number of ether oxygens (including phenoxy) is 1. The topological polar surface area (TPSA) is 121 Å². The lowest BCUT2D eigenvalue weighted by Crippen LogP contribution is -2.35. The van der Waals surface area contributed by atoms with E-state index in [1.807, 2.05) is 13.8 Å². The van der Waals surface area contributed by atoms with Gasteiger partial charge in [-0.3, -0.25) is 10.2 Å². The van der Waals surface area contributed by atoms with Crippen molar-refractivity contribution in [3.63, 3.8) is 0 Å². The van der Waals surface area contributed by atoms with Gasteiger partial charge in [-0.05, 0) is 67.4 Å². The zero-order valence-corrected chi connectivity index (χ0v) is 20.4. The standard InChI is InChI=1S/C23H22N4O5S2/c1-4-5-20-26-27-21(24)17(22(28)25-23(27)33-20)12-15-8-11-18(19(13-15)31-3)32-34(29,30)16-9-6-14(2)7-10-16/h6-13,24H,4-5H2,1-3H3/b17-12+,24-21?. The number of nitrogens with zero attached hydrogens (tertiary/aromatic N) is 3. The molecule has 4 rings (SSSR count). The van der Waals surface area contributed by atoms with Crippen LogP contribution in [-0.2, 0) is 14.9 Å². The molecule has 176 valence electrons. The Balaban J connectivity index is 1.61. The molecule has 2 heterocycles. The van der Waals surface area contributed by atoms with Crippen molar-refractivity contribution in [2.24, 2.45) is 10.1 Å². The highest BCUT2D eigenvalue weighted by atomic mass is 32.2. The van der Waals surface area contributed by atoms with E-state index in [2.05, 4.69) is 10.1 Å². The third kappa shape index (κ3) is 4.75. The van der Waals surface area contributed by atoms with Crippen LogP contribution in [0.5, 0.6) is 11.5 Å². The van der Waals surface area contributed by atoms with Gasteiger partial charge in [-0.25, -0.2) is 0 Å². The molecule has 0 saturated carbocycles. The summed E-state index contributed by atoms with van der Waals surface area (Å²) in [7, 11) is -2.68. The van der Waals surface area contributed by atoms with Crippen LogP contribution in [0.15, 0.2) is 63.0 Å². The second-order valence-corrected chi connectivity index (χ2v) is 10.1. The number of benzene rings is 2. The zero-order chi connectivity index (χ0) is 24.5. The Kier molecular flexibility index (Phi) is 6.58. The van der Waals surface area contributed by atoms with Crippen molar-refractivity contribution in [2.75, 3.05) is 7.11 Å². The Morgan fingerprint density at radius 1 is 1.15 bits per heavy atom. The molecule has 0 saturated heterocycles. The van der Waals surface area contributed by atoms with E-state index in [4.69, 9.17) is 14.3 Å². The molecule has 0 unspecified atom stereocenters. The van der Waals surface area contributed by atoms with Crippen molar-refractivity contribution in [1.29, 1.82) is 5.41 Å². The lowest BCUT2D eigenvalue weighted by atomic mass is 10.1. The van der Waals surface area contributed by atoms with Gasteiger partial charge in [-0.1, -0.05) is 30.7 Å². The molecule has 9 nitrogen and oxygen atoms in total. The predicted octanol–water partition coefficient (Wildman–Crippen LogP) is 4.19. The molecule has 34 heavy (non-hydrogen) atoms. The van der Waals surface area contributed by atoms with Crippen molar-refractivity contribution in [3.05, 3.63) is 59.2 Å². The fourth-order valence-electron chi connectivity index (χ4n) is 3.23. The van der Waals surface area contributed by atoms with Crippen LogP contribution in [0, 0.1) is 12.3 Å². The molecule has 1 N–H and O–H groups in total. The number of thioether (sulfide) groups is 1. The number of hydrogen-bond donors (Lipinski definition) is 1.